The Morgan fingerprint density at radius 3 is 2.10 bits per heavy atom. The summed E-state index contributed by atoms with van der Waals surface area (Å²) in [7, 11) is 0. The van der Waals surface area contributed by atoms with Gasteiger partial charge in [0.05, 0.1) is 4.47 Å². The van der Waals surface area contributed by atoms with Crippen LogP contribution in [-0.4, -0.2) is 5.11 Å². The van der Waals surface area contributed by atoms with E-state index >= 15 is 0 Å². The van der Waals surface area contributed by atoms with E-state index in [0.717, 1.165) is 24.5 Å². The van der Waals surface area contributed by atoms with Gasteiger partial charge in [-0.25, -0.2) is 0 Å². The minimum Gasteiger partial charge on any atom is -0.508 e. The molecule has 2 rings (SSSR count). The Morgan fingerprint density at radius 1 is 1.00 bits per heavy atom. The van der Waals surface area contributed by atoms with E-state index in [2.05, 4.69) is 77.9 Å². The summed E-state index contributed by atoms with van der Waals surface area (Å²) in [5.74, 6) is 0.941. The summed E-state index contributed by atoms with van der Waals surface area (Å²) < 4.78 is 7.86. The van der Waals surface area contributed by atoms with Gasteiger partial charge in [0.2, 0.25) is 0 Å². The number of hydrogen-bond acceptors (Lipinski definition) is 2. The zero-order valence-electron chi connectivity index (χ0n) is 11.3. The van der Waals surface area contributed by atoms with E-state index in [0.29, 0.717) is 5.75 Å². The minimum absolute atomic E-state index is 0.261. The molecule has 0 aromatic heterocycles. The molecule has 0 aliphatic rings. The molecule has 112 valence electrons. The van der Waals surface area contributed by atoms with Gasteiger partial charge in [0.1, 0.15) is 5.75 Å². The first-order valence-electron chi connectivity index (χ1n) is 6.05. The van der Waals surface area contributed by atoms with Gasteiger partial charge in [-0.05, 0) is 61.2 Å². The number of benzene rings is 2. The molecule has 0 aliphatic heterocycles. The second kappa shape index (κ2) is 6.60. The van der Waals surface area contributed by atoms with Crippen molar-refractivity contribution in [1.29, 1.82) is 0 Å². The second-order valence-corrected chi connectivity index (χ2v) is 7.87. The minimum atomic E-state index is -0.265. The number of hydrogen-bond donors (Lipinski definition) is 1. The topological polar surface area (TPSA) is 29.5 Å². The second-order valence-electron chi connectivity index (χ2n) is 5.11. The molecule has 2 aromatic carbocycles. The fourth-order valence-electron chi connectivity index (χ4n) is 2.22. The maximum Gasteiger partial charge on any atom is 0.179 e. The molecule has 0 unspecified atom stereocenters. The first-order chi connectivity index (χ1) is 9.78. The van der Waals surface area contributed by atoms with Gasteiger partial charge >= 0.3 is 0 Å². The molecule has 0 bridgehead atoms. The molecule has 6 heteroatoms. The van der Waals surface area contributed by atoms with Gasteiger partial charge in [0.25, 0.3) is 0 Å². The molecular weight excluding hydrogens is 532 g/mol. The van der Waals surface area contributed by atoms with Crippen molar-refractivity contribution >= 4 is 64.0 Å². The lowest BCUT2D eigenvalue weighted by atomic mass is 9.78. The lowest BCUT2D eigenvalue weighted by Crippen LogP contribution is -2.20. The van der Waals surface area contributed by atoms with Gasteiger partial charge in [-0.15, -0.1) is 0 Å². The molecule has 0 heterocycles. The highest BCUT2D eigenvalue weighted by Crippen LogP contribution is 2.47. The van der Waals surface area contributed by atoms with Crippen molar-refractivity contribution in [3.63, 3.8) is 0 Å². The molecule has 0 saturated heterocycles. The zero-order valence-corrected chi connectivity index (χ0v) is 17.6. The maximum absolute atomic E-state index is 9.47. The van der Waals surface area contributed by atoms with E-state index in [1.807, 2.05) is 18.2 Å². The molecule has 0 radical (unpaired) electrons. The SMILES string of the molecule is CC(C)(c1ccc(O)cc1)c1c(Br)cc(OBr)c(Br)c1Br. The lowest BCUT2D eigenvalue weighted by Gasteiger charge is -2.29. The number of aromatic hydroxyl groups is 1. The Bertz CT molecular complexity index is 666. The van der Waals surface area contributed by atoms with E-state index in [9.17, 15) is 5.11 Å². The highest BCUT2D eigenvalue weighted by atomic mass is 79.9. The highest BCUT2D eigenvalue weighted by molar-refractivity contribution is 9.13. The fourth-order valence-corrected chi connectivity index (χ4v) is 5.16. The molecule has 0 atom stereocenters. The van der Waals surface area contributed by atoms with Crippen LogP contribution in [0.3, 0.4) is 0 Å². The van der Waals surface area contributed by atoms with Crippen LogP contribution >= 0.6 is 64.0 Å². The number of phenols is 1. The van der Waals surface area contributed by atoms with Crippen molar-refractivity contribution in [3.8, 4) is 11.5 Å². The van der Waals surface area contributed by atoms with Gasteiger partial charge in [-0.1, -0.05) is 41.9 Å². The zero-order chi connectivity index (χ0) is 15.8. The highest BCUT2D eigenvalue weighted by Gasteiger charge is 2.30. The van der Waals surface area contributed by atoms with E-state index < -0.39 is 0 Å². The summed E-state index contributed by atoms with van der Waals surface area (Å²) in [5, 5.41) is 9.47. The van der Waals surface area contributed by atoms with Crippen LogP contribution in [0.15, 0.2) is 43.7 Å². The first kappa shape index (κ1) is 17.3. The van der Waals surface area contributed by atoms with Gasteiger partial charge in [-0.3, -0.25) is 0 Å². The van der Waals surface area contributed by atoms with Gasteiger partial charge in [0.15, 0.2) is 22.0 Å². The van der Waals surface area contributed by atoms with Crippen LogP contribution in [0.4, 0.5) is 0 Å². The predicted molar refractivity (Wildman–Crippen MR) is 99.3 cm³/mol. The molecule has 2 aromatic rings. The quantitative estimate of drug-likeness (QED) is 0.437. The van der Waals surface area contributed by atoms with Crippen molar-refractivity contribution in [3.05, 3.63) is 54.9 Å². The van der Waals surface area contributed by atoms with Crippen LogP contribution in [0.25, 0.3) is 0 Å². The Hall–Kier alpha value is -0.0400. The molecule has 1 N–H and O–H groups in total. The number of halogens is 4. The standard InChI is InChI=1S/C15H12Br4O2/c1-15(2,8-3-5-9(20)6-4-8)12-10(16)7-11(21-19)13(17)14(12)18/h3-7,20H,1-2H3. The number of rotatable bonds is 3. The Labute approximate surface area is 157 Å². The maximum atomic E-state index is 9.47. The van der Waals surface area contributed by atoms with Crippen LogP contribution in [0.1, 0.15) is 25.0 Å². The Kier molecular flexibility index (Phi) is 5.45. The van der Waals surface area contributed by atoms with Crippen molar-refractivity contribution in [2.45, 2.75) is 19.3 Å². The summed E-state index contributed by atoms with van der Waals surface area (Å²) in [5.41, 5.74) is 1.92. The molecule has 21 heavy (non-hydrogen) atoms. The molecular formula is C15H12Br4O2. The largest absolute Gasteiger partial charge is 0.508 e. The van der Waals surface area contributed by atoms with Gasteiger partial charge in [0, 0.05) is 14.4 Å². The van der Waals surface area contributed by atoms with Crippen LogP contribution in [0.5, 0.6) is 11.5 Å². The molecule has 0 aliphatic carbocycles. The summed E-state index contributed by atoms with van der Waals surface area (Å²) in [6.45, 7) is 4.26. The van der Waals surface area contributed by atoms with E-state index in [1.165, 1.54) is 0 Å². The smallest absolute Gasteiger partial charge is 0.179 e. The fraction of sp³-hybridized carbons (Fsp3) is 0.200. The lowest BCUT2D eigenvalue weighted by molar-refractivity contribution is 0.474. The molecule has 0 fully saturated rings. The Balaban J connectivity index is 2.64. The van der Waals surface area contributed by atoms with Crippen LogP contribution in [-0.2, 0) is 5.41 Å². The van der Waals surface area contributed by atoms with Crippen LogP contribution in [0.2, 0.25) is 0 Å². The van der Waals surface area contributed by atoms with E-state index in [1.54, 1.807) is 12.1 Å². The summed E-state index contributed by atoms with van der Waals surface area (Å²) in [4.78, 5) is 0. The van der Waals surface area contributed by atoms with Gasteiger partial charge in [-0.2, -0.15) is 0 Å². The molecule has 0 spiro atoms. The average Bonchev–Trinajstić information content (AvgIpc) is 2.43. The van der Waals surface area contributed by atoms with E-state index in [-0.39, 0.29) is 11.2 Å². The van der Waals surface area contributed by atoms with Crippen molar-refractivity contribution in [1.82, 2.24) is 0 Å². The summed E-state index contributed by atoms with van der Waals surface area (Å²) >= 11 is 13.8. The predicted octanol–water partition coefficient (Wildman–Crippen LogP) is 6.69. The van der Waals surface area contributed by atoms with Gasteiger partial charge < -0.3 is 8.93 Å². The van der Waals surface area contributed by atoms with Crippen molar-refractivity contribution < 1.29 is 8.93 Å². The average molecular weight is 544 g/mol. The molecule has 0 amide bonds. The van der Waals surface area contributed by atoms with Crippen LogP contribution in [0, 0.1) is 0 Å². The molecule has 0 saturated carbocycles. The van der Waals surface area contributed by atoms with Crippen molar-refractivity contribution in [2.24, 2.45) is 0 Å². The third-order valence-corrected chi connectivity index (χ3v) is 6.51. The third-order valence-electron chi connectivity index (χ3n) is 3.42. The van der Waals surface area contributed by atoms with Crippen LogP contribution < -0.4 is 3.83 Å². The Morgan fingerprint density at radius 2 is 1.57 bits per heavy atom. The summed E-state index contributed by atoms with van der Waals surface area (Å²) in [6, 6.07) is 9.16. The molecule has 2 nitrogen and oxygen atoms in total. The third kappa shape index (κ3) is 3.33. The van der Waals surface area contributed by atoms with E-state index in [4.69, 9.17) is 3.83 Å². The first-order valence-corrected chi connectivity index (χ1v) is 9.07. The monoisotopic (exact) mass is 540 g/mol. The summed E-state index contributed by atoms with van der Waals surface area (Å²) in [6.07, 6.45) is 0. The van der Waals surface area contributed by atoms with Crippen molar-refractivity contribution in [2.75, 3.05) is 0 Å². The normalized spacial score (nSPS) is 11.5. The number of phenolic OH excluding ortho intramolecular Hbond substituents is 1.